The number of hydrogen-bond donors (Lipinski definition) is 1. The van der Waals surface area contributed by atoms with Crippen molar-refractivity contribution >= 4 is 12.0 Å². The maximum Gasteiger partial charge on any atom is 0.410 e. The first kappa shape index (κ1) is 16.0. The van der Waals surface area contributed by atoms with Gasteiger partial charge in [-0.05, 0) is 33.6 Å². The molecule has 2 saturated heterocycles. The van der Waals surface area contributed by atoms with Crippen LogP contribution in [0.5, 0.6) is 0 Å². The van der Waals surface area contributed by atoms with Crippen molar-refractivity contribution in [1.82, 2.24) is 10.2 Å². The minimum atomic E-state index is -0.558. The third-order valence-corrected chi connectivity index (χ3v) is 3.29. The van der Waals surface area contributed by atoms with Crippen molar-refractivity contribution in [2.24, 2.45) is 0 Å². The van der Waals surface area contributed by atoms with Crippen LogP contribution in [0, 0.1) is 0 Å². The van der Waals surface area contributed by atoms with Gasteiger partial charge >= 0.3 is 6.09 Å². The molecule has 0 aromatic carbocycles. The largest absolute Gasteiger partial charge is 0.444 e. The van der Waals surface area contributed by atoms with E-state index >= 15 is 0 Å². The van der Waals surface area contributed by atoms with E-state index in [1.54, 1.807) is 20.8 Å². The molecule has 0 bridgehead atoms. The summed E-state index contributed by atoms with van der Waals surface area (Å²) in [6.45, 7) is 7.55. The van der Waals surface area contributed by atoms with Crippen LogP contribution in [0.1, 0.15) is 33.6 Å². The Morgan fingerprint density at radius 3 is 2.48 bits per heavy atom. The van der Waals surface area contributed by atoms with Gasteiger partial charge in [0.05, 0.1) is 19.8 Å². The second-order valence-electron chi connectivity index (χ2n) is 6.25. The summed E-state index contributed by atoms with van der Waals surface area (Å²) in [4.78, 5) is 25.5. The Bertz CT molecular complexity index is 387. The molecule has 120 valence electrons. The van der Waals surface area contributed by atoms with E-state index in [1.165, 1.54) is 4.90 Å². The number of hydrogen-bond acceptors (Lipinski definition) is 5. The molecular weight excluding hydrogens is 276 g/mol. The van der Waals surface area contributed by atoms with E-state index in [-0.39, 0.29) is 5.91 Å². The molecule has 0 spiro atoms. The number of rotatable bonds is 3. The number of ether oxygens (including phenoxy) is 3. The average Bonchev–Trinajstić information content (AvgIpc) is 2.34. The molecule has 0 saturated carbocycles. The van der Waals surface area contributed by atoms with Gasteiger partial charge in [-0.2, -0.15) is 0 Å². The highest BCUT2D eigenvalue weighted by molar-refractivity contribution is 5.87. The lowest BCUT2D eigenvalue weighted by Gasteiger charge is -2.40. The van der Waals surface area contributed by atoms with Gasteiger partial charge in [0.1, 0.15) is 11.6 Å². The minimum Gasteiger partial charge on any atom is -0.444 e. The van der Waals surface area contributed by atoms with Crippen LogP contribution in [0.3, 0.4) is 0 Å². The zero-order chi connectivity index (χ0) is 15.5. The van der Waals surface area contributed by atoms with Crippen LogP contribution in [0.2, 0.25) is 0 Å². The van der Waals surface area contributed by atoms with Gasteiger partial charge in [0.25, 0.3) is 0 Å². The molecule has 0 radical (unpaired) electrons. The first-order valence-electron chi connectivity index (χ1n) is 7.37. The zero-order valence-corrected chi connectivity index (χ0v) is 12.9. The van der Waals surface area contributed by atoms with Crippen LogP contribution in [-0.2, 0) is 19.0 Å². The number of nitrogens with zero attached hydrogens (tertiary/aromatic N) is 1. The normalized spacial score (nSPS) is 23.4. The quantitative estimate of drug-likeness (QED) is 0.837. The Hall–Kier alpha value is -1.34. The van der Waals surface area contributed by atoms with Gasteiger partial charge in [0, 0.05) is 6.54 Å². The number of likely N-dealkylation sites (tertiary alicyclic amines) is 1. The Morgan fingerprint density at radius 2 is 1.95 bits per heavy atom. The lowest BCUT2D eigenvalue weighted by atomic mass is 10.0. The first-order chi connectivity index (χ1) is 9.87. The predicted octanol–water partition coefficient (Wildman–Crippen LogP) is 0.875. The minimum absolute atomic E-state index is 0.190. The maximum atomic E-state index is 12.1. The van der Waals surface area contributed by atoms with Gasteiger partial charge in [-0.3, -0.25) is 9.69 Å². The van der Waals surface area contributed by atoms with Crippen LogP contribution in [0.25, 0.3) is 0 Å². The lowest BCUT2D eigenvalue weighted by molar-refractivity contribution is -0.177. The maximum absolute atomic E-state index is 12.1. The fourth-order valence-electron chi connectivity index (χ4n) is 2.16. The van der Waals surface area contributed by atoms with Crippen molar-refractivity contribution in [2.75, 3.05) is 26.3 Å². The number of nitrogens with one attached hydrogen (secondary N) is 1. The van der Waals surface area contributed by atoms with Gasteiger partial charge in [-0.15, -0.1) is 0 Å². The summed E-state index contributed by atoms with van der Waals surface area (Å²) in [5, 5.41) is 2.76. The fourth-order valence-corrected chi connectivity index (χ4v) is 2.16. The molecule has 21 heavy (non-hydrogen) atoms. The van der Waals surface area contributed by atoms with Crippen LogP contribution < -0.4 is 5.32 Å². The van der Waals surface area contributed by atoms with Crippen LogP contribution in [0.4, 0.5) is 4.79 Å². The van der Waals surface area contributed by atoms with E-state index in [0.29, 0.717) is 32.7 Å². The first-order valence-corrected chi connectivity index (χ1v) is 7.37. The van der Waals surface area contributed by atoms with E-state index in [4.69, 9.17) is 14.2 Å². The summed E-state index contributed by atoms with van der Waals surface area (Å²) in [5.74, 6) is -0.190. The molecule has 2 rings (SSSR count). The van der Waals surface area contributed by atoms with Crippen molar-refractivity contribution in [2.45, 2.75) is 51.5 Å². The summed E-state index contributed by atoms with van der Waals surface area (Å²) < 4.78 is 16.0. The van der Waals surface area contributed by atoms with E-state index in [0.717, 1.165) is 6.42 Å². The number of amides is 2. The van der Waals surface area contributed by atoms with Gasteiger partial charge in [0.2, 0.25) is 5.91 Å². The van der Waals surface area contributed by atoms with Crippen molar-refractivity contribution < 1.29 is 23.8 Å². The topological polar surface area (TPSA) is 77.1 Å². The predicted molar refractivity (Wildman–Crippen MR) is 74.7 cm³/mol. The molecule has 2 heterocycles. The van der Waals surface area contributed by atoms with Crippen molar-refractivity contribution in [1.29, 1.82) is 0 Å². The van der Waals surface area contributed by atoms with Gasteiger partial charge in [-0.1, -0.05) is 0 Å². The van der Waals surface area contributed by atoms with Crippen molar-refractivity contribution in [3.05, 3.63) is 0 Å². The van der Waals surface area contributed by atoms with Crippen molar-refractivity contribution in [3.8, 4) is 0 Å². The summed E-state index contributed by atoms with van der Waals surface area (Å²) in [6.07, 6.45) is 0.688. The highest BCUT2D eigenvalue weighted by Crippen LogP contribution is 2.21. The van der Waals surface area contributed by atoms with Gasteiger partial charge < -0.3 is 19.5 Å². The molecule has 1 N–H and O–H groups in total. The van der Waals surface area contributed by atoms with Crippen molar-refractivity contribution in [3.63, 3.8) is 0 Å². The smallest absolute Gasteiger partial charge is 0.410 e. The molecule has 2 aliphatic heterocycles. The Labute approximate surface area is 124 Å². The zero-order valence-electron chi connectivity index (χ0n) is 12.9. The third-order valence-electron chi connectivity index (χ3n) is 3.29. The summed E-state index contributed by atoms with van der Waals surface area (Å²) in [5.41, 5.74) is -0.558. The monoisotopic (exact) mass is 300 g/mol. The number of carbonyl (C=O) groups is 2. The Morgan fingerprint density at radius 1 is 1.29 bits per heavy atom. The van der Waals surface area contributed by atoms with Gasteiger partial charge in [-0.25, -0.2) is 4.79 Å². The molecule has 1 atom stereocenters. The molecule has 2 amide bonds. The highest BCUT2D eigenvalue weighted by Gasteiger charge is 2.39. The molecular formula is C14H24N2O5. The van der Waals surface area contributed by atoms with Gasteiger partial charge in [0.15, 0.2) is 6.29 Å². The SMILES string of the molecule is CC(C)(C)OC(=O)N1CC[C@@H]1C(=O)NCC1OCCCO1. The second kappa shape index (κ2) is 6.62. The number of carbonyl (C=O) groups excluding carboxylic acids is 2. The summed E-state index contributed by atoms with van der Waals surface area (Å²) >= 11 is 0. The van der Waals surface area contributed by atoms with Crippen LogP contribution in [0.15, 0.2) is 0 Å². The summed E-state index contributed by atoms with van der Waals surface area (Å²) in [7, 11) is 0. The van der Waals surface area contributed by atoms with E-state index < -0.39 is 24.0 Å². The Kier molecular flexibility index (Phi) is 5.05. The molecule has 7 nitrogen and oxygen atoms in total. The molecule has 2 fully saturated rings. The molecule has 0 unspecified atom stereocenters. The molecule has 0 aliphatic carbocycles. The lowest BCUT2D eigenvalue weighted by Crippen LogP contribution is -2.59. The fraction of sp³-hybridized carbons (Fsp3) is 0.857. The summed E-state index contributed by atoms with van der Waals surface area (Å²) in [6, 6.07) is -0.455. The molecule has 0 aromatic heterocycles. The Balaban J connectivity index is 1.76. The molecule has 2 aliphatic rings. The van der Waals surface area contributed by atoms with Crippen LogP contribution >= 0.6 is 0 Å². The molecule has 0 aromatic rings. The van der Waals surface area contributed by atoms with E-state index in [1.807, 2.05) is 0 Å². The molecule has 7 heteroatoms. The third kappa shape index (κ3) is 4.57. The highest BCUT2D eigenvalue weighted by atomic mass is 16.7. The standard InChI is InChI=1S/C14H24N2O5/c1-14(2,3)21-13(18)16-6-5-10(16)12(17)15-9-11-19-7-4-8-20-11/h10-11H,4-9H2,1-3H3,(H,15,17)/t10-/m1/s1. The second-order valence-corrected chi connectivity index (χ2v) is 6.25. The van der Waals surface area contributed by atoms with E-state index in [9.17, 15) is 9.59 Å². The average molecular weight is 300 g/mol. The van der Waals surface area contributed by atoms with Crippen LogP contribution in [-0.4, -0.2) is 61.1 Å². The van der Waals surface area contributed by atoms with E-state index in [2.05, 4.69) is 5.32 Å².